The van der Waals surface area contributed by atoms with E-state index in [0.717, 1.165) is 24.7 Å². The van der Waals surface area contributed by atoms with Gasteiger partial charge in [0.2, 0.25) is 0 Å². The lowest BCUT2D eigenvalue weighted by Crippen LogP contribution is -2.19. The van der Waals surface area contributed by atoms with Crippen LogP contribution in [-0.4, -0.2) is 25.2 Å². The molecule has 0 bridgehead atoms. The maximum atomic E-state index is 5.05. The van der Waals surface area contributed by atoms with Crippen LogP contribution in [0.4, 0.5) is 0 Å². The number of hydrogen-bond donors (Lipinski definition) is 1. The first-order valence-electron chi connectivity index (χ1n) is 7.09. The lowest BCUT2D eigenvalue weighted by atomic mass is 10.1. The zero-order valence-corrected chi connectivity index (χ0v) is 13.7. The summed E-state index contributed by atoms with van der Waals surface area (Å²) in [4.78, 5) is 5.75. The smallest absolute Gasteiger partial charge is 0.105 e. The van der Waals surface area contributed by atoms with Crippen molar-refractivity contribution in [3.63, 3.8) is 0 Å². The van der Waals surface area contributed by atoms with Crippen LogP contribution in [0.1, 0.15) is 16.7 Å². The number of methoxy groups -OCH3 is 1. The van der Waals surface area contributed by atoms with E-state index in [2.05, 4.69) is 48.4 Å². The molecule has 0 radical (unpaired) electrons. The third-order valence-corrected chi connectivity index (χ3v) is 4.39. The lowest BCUT2D eigenvalue weighted by molar-refractivity contribution is 0.199. The molecule has 0 aliphatic heterocycles. The fourth-order valence-corrected chi connectivity index (χ4v) is 2.92. The second kappa shape index (κ2) is 8.17. The van der Waals surface area contributed by atoms with E-state index in [4.69, 9.17) is 4.74 Å². The molecule has 0 aliphatic rings. The largest absolute Gasteiger partial charge is 0.383 e. The molecule has 3 nitrogen and oxygen atoms in total. The average molecular weight is 302 g/mol. The SMILES string of the molecule is COCCNCc1cccnc1Sc1ccc(C)c(C)c1. The molecule has 2 aromatic rings. The monoisotopic (exact) mass is 302 g/mol. The first-order valence-corrected chi connectivity index (χ1v) is 7.91. The van der Waals surface area contributed by atoms with Crippen molar-refractivity contribution in [2.24, 2.45) is 0 Å². The number of nitrogens with zero attached hydrogens (tertiary/aromatic N) is 1. The molecule has 21 heavy (non-hydrogen) atoms. The number of pyridine rings is 1. The summed E-state index contributed by atoms with van der Waals surface area (Å²) in [7, 11) is 1.72. The van der Waals surface area contributed by atoms with Crippen LogP contribution in [0.3, 0.4) is 0 Å². The second-order valence-electron chi connectivity index (χ2n) is 4.99. The Morgan fingerprint density at radius 1 is 1.19 bits per heavy atom. The summed E-state index contributed by atoms with van der Waals surface area (Å²) in [5, 5.41) is 4.43. The van der Waals surface area contributed by atoms with Crippen molar-refractivity contribution in [3.8, 4) is 0 Å². The highest BCUT2D eigenvalue weighted by Gasteiger charge is 2.06. The Hall–Kier alpha value is -1.36. The normalized spacial score (nSPS) is 10.8. The van der Waals surface area contributed by atoms with Crippen LogP contribution < -0.4 is 5.32 Å². The van der Waals surface area contributed by atoms with Gasteiger partial charge in [0.1, 0.15) is 5.03 Å². The van der Waals surface area contributed by atoms with E-state index in [0.29, 0.717) is 0 Å². The standard InChI is InChI=1S/C17H22N2OS/c1-13-6-7-16(11-14(13)2)21-17-15(5-4-8-19-17)12-18-9-10-20-3/h4-8,11,18H,9-10,12H2,1-3H3. The van der Waals surface area contributed by atoms with Gasteiger partial charge in [-0.3, -0.25) is 0 Å². The highest BCUT2D eigenvalue weighted by molar-refractivity contribution is 7.99. The second-order valence-corrected chi connectivity index (χ2v) is 6.05. The van der Waals surface area contributed by atoms with Gasteiger partial charge < -0.3 is 10.1 Å². The Morgan fingerprint density at radius 3 is 2.81 bits per heavy atom. The first-order chi connectivity index (χ1) is 10.2. The number of rotatable bonds is 7. The molecule has 0 saturated carbocycles. The van der Waals surface area contributed by atoms with E-state index in [1.54, 1.807) is 18.9 Å². The Labute approximate surface area is 131 Å². The van der Waals surface area contributed by atoms with Gasteiger partial charge in [-0.1, -0.05) is 23.9 Å². The van der Waals surface area contributed by atoms with Gasteiger partial charge >= 0.3 is 0 Å². The molecule has 0 fully saturated rings. The Morgan fingerprint density at radius 2 is 2.05 bits per heavy atom. The summed E-state index contributed by atoms with van der Waals surface area (Å²) in [5.74, 6) is 0. The Kier molecular flexibility index (Phi) is 6.23. The van der Waals surface area contributed by atoms with Gasteiger partial charge in [0.05, 0.1) is 6.61 Å². The molecule has 1 heterocycles. The van der Waals surface area contributed by atoms with E-state index in [-0.39, 0.29) is 0 Å². The molecule has 1 aromatic carbocycles. The van der Waals surface area contributed by atoms with E-state index < -0.39 is 0 Å². The lowest BCUT2D eigenvalue weighted by Gasteiger charge is -2.10. The van der Waals surface area contributed by atoms with Crippen LogP contribution in [0, 0.1) is 13.8 Å². The molecule has 1 N–H and O–H groups in total. The van der Waals surface area contributed by atoms with E-state index >= 15 is 0 Å². The van der Waals surface area contributed by atoms with Gasteiger partial charge in [0, 0.05) is 31.3 Å². The highest BCUT2D eigenvalue weighted by atomic mass is 32.2. The predicted octanol–water partition coefficient (Wildman–Crippen LogP) is 3.59. The number of nitrogens with one attached hydrogen (secondary N) is 1. The van der Waals surface area contributed by atoms with Crippen LogP contribution in [0.5, 0.6) is 0 Å². The fourth-order valence-electron chi connectivity index (χ4n) is 1.94. The number of benzene rings is 1. The summed E-state index contributed by atoms with van der Waals surface area (Å²) in [5.41, 5.74) is 3.86. The molecule has 0 spiro atoms. The molecule has 4 heteroatoms. The van der Waals surface area contributed by atoms with E-state index in [9.17, 15) is 0 Å². The van der Waals surface area contributed by atoms with Crippen LogP contribution in [-0.2, 0) is 11.3 Å². The molecular weight excluding hydrogens is 280 g/mol. The van der Waals surface area contributed by atoms with Crippen LogP contribution in [0.15, 0.2) is 46.5 Å². The minimum atomic E-state index is 0.722. The van der Waals surface area contributed by atoms with Crippen LogP contribution in [0.2, 0.25) is 0 Å². The van der Waals surface area contributed by atoms with E-state index in [1.165, 1.54) is 21.6 Å². The minimum absolute atomic E-state index is 0.722. The zero-order chi connectivity index (χ0) is 15.1. The van der Waals surface area contributed by atoms with Gasteiger partial charge in [-0.05, 0) is 48.7 Å². The molecule has 0 aliphatic carbocycles. The average Bonchev–Trinajstić information content (AvgIpc) is 2.49. The number of aryl methyl sites for hydroxylation is 2. The highest BCUT2D eigenvalue weighted by Crippen LogP contribution is 2.29. The van der Waals surface area contributed by atoms with Crippen molar-refractivity contribution in [2.45, 2.75) is 30.3 Å². The summed E-state index contributed by atoms with van der Waals surface area (Å²) in [6.07, 6.45) is 1.85. The maximum absolute atomic E-state index is 5.05. The molecule has 0 amide bonds. The summed E-state index contributed by atoms with van der Waals surface area (Å²) in [6.45, 7) is 6.66. The topological polar surface area (TPSA) is 34.1 Å². The quantitative estimate of drug-likeness (QED) is 0.793. The van der Waals surface area contributed by atoms with E-state index in [1.807, 2.05) is 12.3 Å². The third-order valence-electron chi connectivity index (χ3n) is 3.34. The Bertz CT molecular complexity index is 587. The number of hydrogen-bond acceptors (Lipinski definition) is 4. The minimum Gasteiger partial charge on any atom is -0.383 e. The van der Waals surface area contributed by atoms with Gasteiger partial charge in [-0.2, -0.15) is 0 Å². The number of ether oxygens (including phenoxy) is 1. The number of aromatic nitrogens is 1. The summed E-state index contributed by atoms with van der Waals surface area (Å²) in [6, 6.07) is 10.6. The third kappa shape index (κ3) is 4.84. The first kappa shape index (κ1) is 16.0. The van der Waals surface area contributed by atoms with Crippen molar-refractivity contribution in [2.75, 3.05) is 20.3 Å². The molecule has 2 rings (SSSR count). The molecule has 0 saturated heterocycles. The molecule has 1 aromatic heterocycles. The van der Waals surface area contributed by atoms with Crippen LogP contribution >= 0.6 is 11.8 Å². The van der Waals surface area contributed by atoms with Crippen molar-refractivity contribution < 1.29 is 4.74 Å². The molecule has 0 atom stereocenters. The van der Waals surface area contributed by atoms with Crippen molar-refractivity contribution in [3.05, 3.63) is 53.2 Å². The fraction of sp³-hybridized carbons (Fsp3) is 0.353. The van der Waals surface area contributed by atoms with Crippen LogP contribution in [0.25, 0.3) is 0 Å². The molecular formula is C17H22N2OS. The van der Waals surface area contributed by atoms with Gasteiger partial charge in [-0.15, -0.1) is 0 Å². The van der Waals surface area contributed by atoms with Gasteiger partial charge in [-0.25, -0.2) is 4.98 Å². The van der Waals surface area contributed by atoms with Crippen molar-refractivity contribution in [1.29, 1.82) is 0 Å². The zero-order valence-electron chi connectivity index (χ0n) is 12.8. The predicted molar refractivity (Wildman–Crippen MR) is 87.9 cm³/mol. The summed E-state index contributed by atoms with van der Waals surface area (Å²) < 4.78 is 5.05. The van der Waals surface area contributed by atoms with Crippen molar-refractivity contribution in [1.82, 2.24) is 10.3 Å². The van der Waals surface area contributed by atoms with Gasteiger partial charge in [0.15, 0.2) is 0 Å². The van der Waals surface area contributed by atoms with Crippen molar-refractivity contribution >= 4 is 11.8 Å². The molecule has 112 valence electrons. The Balaban J connectivity index is 2.06. The maximum Gasteiger partial charge on any atom is 0.105 e. The van der Waals surface area contributed by atoms with Gasteiger partial charge in [0.25, 0.3) is 0 Å². The molecule has 0 unspecified atom stereocenters. The summed E-state index contributed by atoms with van der Waals surface area (Å²) >= 11 is 1.72.